The highest BCUT2D eigenvalue weighted by Crippen LogP contribution is 2.12. The SMILES string of the molecule is CCCCCCCC(S)CO[SiH](OC(C)C)OC(C)C. The zero-order chi connectivity index (χ0) is 15.4. The van der Waals surface area contributed by atoms with Crippen molar-refractivity contribution in [1.82, 2.24) is 0 Å². The molecule has 0 rings (SSSR count). The Hall–Kier alpha value is 0.447. The maximum Gasteiger partial charge on any atom is 0.484 e. The fourth-order valence-electron chi connectivity index (χ4n) is 1.81. The molecule has 0 amide bonds. The second kappa shape index (κ2) is 13.1. The van der Waals surface area contributed by atoms with E-state index in [1.807, 2.05) is 27.7 Å². The zero-order valence-corrected chi connectivity index (χ0v) is 16.0. The van der Waals surface area contributed by atoms with E-state index in [9.17, 15) is 0 Å². The van der Waals surface area contributed by atoms with Crippen LogP contribution in [0.25, 0.3) is 0 Å². The largest absolute Gasteiger partial charge is 0.484 e. The van der Waals surface area contributed by atoms with Gasteiger partial charge in [-0.25, -0.2) is 0 Å². The van der Waals surface area contributed by atoms with Crippen LogP contribution >= 0.6 is 12.6 Å². The average molecular weight is 323 g/mol. The summed E-state index contributed by atoms with van der Waals surface area (Å²) in [7, 11) is -2.01. The minimum Gasteiger partial charge on any atom is -0.375 e. The standard InChI is InChI=1S/C15H34O3SSi/c1-6-7-8-9-10-11-15(19)12-16-20(17-13(2)3)18-14(4)5/h13-15,19-20H,6-12H2,1-5H3. The Balaban J connectivity index is 3.77. The summed E-state index contributed by atoms with van der Waals surface area (Å²) in [5, 5.41) is 0.290. The van der Waals surface area contributed by atoms with Crippen LogP contribution in [-0.2, 0) is 13.3 Å². The van der Waals surface area contributed by atoms with Gasteiger partial charge in [0.05, 0.1) is 0 Å². The monoisotopic (exact) mass is 322 g/mol. The third kappa shape index (κ3) is 13.4. The summed E-state index contributed by atoms with van der Waals surface area (Å²) in [6.45, 7) is 10.9. The molecule has 0 aliphatic carbocycles. The van der Waals surface area contributed by atoms with Crippen LogP contribution in [0.4, 0.5) is 0 Å². The first-order valence-electron chi connectivity index (χ1n) is 8.06. The average Bonchev–Trinajstić information content (AvgIpc) is 2.34. The maximum absolute atomic E-state index is 5.82. The summed E-state index contributed by atoms with van der Waals surface area (Å²) >= 11 is 4.60. The van der Waals surface area contributed by atoms with Gasteiger partial charge in [-0.05, 0) is 34.1 Å². The van der Waals surface area contributed by atoms with Gasteiger partial charge < -0.3 is 13.3 Å². The molecule has 0 aliphatic heterocycles. The second-order valence-corrected chi connectivity index (χ2v) is 8.03. The fraction of sp³-hybridized carbons (Fsp3) is 1.00. The van der Waals surface area contributed by atoms with Crippen LogP contribution in [0.1, 0.15) is 73.1 Å². The molecule has 3 nitrogen and oxygen atoms in total. The van der Waals surface area contributed by atoms with Crippen LogP contribution in [0, 0.1) is 0 Å². The quantitative estimate of drug-likeness (QED) is 0.312. The molecule has 20 heavy (non-hydrogen) atoms. The molecule has 0 aliphatic rings. The molecule has 0 bridgehead atoms. The molecule has 5 heteroatoms. The summed E-state index contributed by atoms with van der Waals surface area (Å²) < 4.78 is 17.3. The highest BCUT2D eigenvalue weighted by atomic mass is 32.1. The molecule has 0 saturated carbocycles. The number of hydrogen-bond donors (Lipinski definition) is 1. The van der Waals surface area contributed by atoms with Gasteiger partial charge in [0.15, 0.2) is 0 Å². The lowest BCUT2D eigenvalue weighted by atomic mass is 10.1. The molecule has 0 N–H and O–H groups in total. The molecular weight excluding hydrogens is 288 g/mol. The van der Waals surface area contributed by atoms with Crippen molar-refractivity contribution in [2.24, 2.45) is 0 Å². The Bertz CT molecular complexity index is 205. The van der Waals surface area contributed by atoms with Crippen molar-refractivity contribution in [3.8, 4) is 0 Å². The van der Waals surface area contributed by atoms with E-state index in [1.165, 1.54) is 32.1 Å². The van der Waals surface area contributed by atoms with Crippen molar-refractivity contribution in [3.05, 3.63) is 0 Å². The minimum absolute atomic E-state index is 0.151. The molecule has 1 atom stereocenters. The van der Waals surface area contributed by atoms with E-state index in [0.717, 1.165) is 6.42 Å². The van der Waals surface area contributed by atoms with Crippen LogP contribution in [0.15, 0.2) is 0 Å². The highest BCUT2D eigenvalue weighted by Gasteiger charge is 2.20. The fourth-order valence-corrected chi connectivity index (χ4v) is 3.74. The van der Waals surface area contributed by atoms with Crippen LogP contribution in [0.5, 0.6) is 0 Å². The lowest BCUT2D eigenvalue weighted by Crippen LogP contribution is -2.34. The van der Waals surface area contributed by atoms with E-state index in [4.69, 9.17) is 13.3 Å². The molecule has 0 saturated heterocycles. The first-order valence-corrected chi connectivity index (χ1v) is 9.99. The van der Waals surface area contributed by atoms with Gasteiger partial charge in [-0.2, -0.15) is 12.6 Å². The third-order valence-corrected chi connectivity index (χ3v) is 5.24. The van der Waals surface area contributed by atoms with Crippen molar-refractivity contribution in [2.45, 2.75) is 90.6 Å². The summed E-state index contributed by atoms with van der Waals surface area (Å²) in [4.78, 5) is 0. The van der Waals surface area contributed by atoms with Crippen LogP contribution in [-0.4, -0.2) is 33.6 Å². The van der Waals surface area contributed by atoms with Crippen molar-refractivity contribution >= 4 is 22.2 Å². The van der Waals surface area contributed by atoms with Crippen molar-refractivity contribution < 1.29 is 13.3 Å². The van der Waals surface area contributed by atoms with E-state index < -0.39 is 9.53 Å². The lowest BCUT2D eigenvalue weighted by molar-refractivity contribution is 0.0503. The van der Waals surface area contributed by atoms with E-state index in [1.54, 1.807) is 0 Å². The Kier molecular flexibility index (Phi) is 13.4. The van der Waals surface area contributed by atoms with E-state index >= 15 is 0 Å². The van der Waals surface area contributed by atoms with Crippen LogP contribution in [0.3, 0.4) is 0 Å². The van der Waals surface area contributed by atoms with E-state index in [-0.39, 0.29) is 17.5 Å². The summed E-state index contributed by atoms with van der Waals surface area (Å²) in [6.07, 6.45) is 7.92. The van der Waals surface area contributed by atoms with Gasteiger partial charge in [-0.1, -0.05) is 39.0 Å². The normalized spacial score (nSPS) is 13.7. The molecule has 0 heterocycles. The summed E-state index contributed by atoms with van der Waals surface area (Å²) in [5.74, 6) is 0. The Morgan fingerprint density at radius 2 is 1.45 bits per heavy atom. The number of thiol groups is 1. The maximum atomic E-state index is 5.82. The third-order valence-electron chi connectivity index (χ3n) is 2.83. The van der Waals surface area contributed by atoms with Gasteiger partial charge in [0, 0.05) is 24.1 Å². The smallest absolute Gasteiger partial charge is 0.375 e. The molecule has 122 valence electrons. The van der Waals surface area contributed by atoms with Crippen molar-refractivity contribution in [3.63, 3.8) is 0 Å². The number of unbranched alkanes of at least 4 members (excludes halogenated alkanes) is 4. The molecule has 0 spiro atoms. The molecule has 0 fully saturated rings. The second-order valence-electron chi connectivity index (χ2n) is 5.85. The van der Waals surface area contributed by atoms with Gasteiger partial charge in [-0.15, -0.1) is 0 Å². The van der Waals surface area contributed by atoms with Gasteiger partial charge in [0.25, 0.3) is 0 Å². The summed E-state index contributed by atoms with van der Waals surface area (Å²) in [6, 6.07) is 0. The van der Waals surface area contributed by atoms with Gasteiger partial charge >= 0.3 is 9.53 Å². The van der Waals surface area contributed by atoms with Crippen LogP contribution in [0.2, 0.25) is 0 Å². The number of rotatable bonds is 13. The van der Waals surface area contributed by atoms with E-state index in [2.05, 4.69) is 19.6 Å². The molecular formula is C15H34O3SSi. The molecule has 0 radical (unpaired) electrons. The Morgan fingerprint density at radius 1 is 0.900 bits per heavy atom. The van der Waals surface area contributed by atoms with Crippen molar-refractivity contribution in [2.75, 3.05) is 6.61 Å². The molecule has 1 unspecified atom stereocenters. The predicted octanol–water partition coefficient (Wildman–Crippen LogP) is 4.23. The van der Waals surface area contributed by atoms with Crippen molar-refractivity contribution in [1.29, 1.82) is 0 Å². The first-order chi connectivity index (χ1) is 9.45. The molecule has 0 aromatic heterocycles. The van der Waals surface area contributed by atoms with Crippen LogP contribution < -0.4 is 0 Å². The molecule has 0 aromatic carbocycles. The highest BCUT2D eigenvalue weighted by molar-refractivity contribution is 7.81. The van der Waals surface area contributed by atoms with Gasteiger partial charge in [-0.3, -0.25) is 0 Å². The summed E-state index contributed by atoms with van der Waals surface area (Å²) in [5.41, 5.74) is 0. The predicted molar refractivity (Wildman–Crippen MR) is 91.7 cm³/mol. The first kappa shape index (κ1) is 20.4. The Labute approximate surface area is 133 Å². The molecule has 0 aromatic rings. The lowest BCUT2D eigenvalue weighted by Gasteiger charge is -2.22. The Morgan fingerprint density at radius 3 is 1.95 bits per heavy atom. The van der Waals surface area contributed by atoms with Gasteiger partial charge in [0.1, 0.15) is 0 Å². The van der Waals surface area contributed by atoms with E-state index in [0.29, 0.717) is 6.61 Å². The number of hydrogen-bond acceptors (Lipinski definition) is 4. The topological polar surface area (TPSA) is 27.7 Å². The zero-order valence-electron chi connectivity index (χ0n) is 13.9. The van der Waals surface area contributed by atoms with Gasteiger partial charge in [0.2, 0.25) is 0 Å². The minimum atomic E-state index is -2.01.